The molecule has 1 aromatic rings. The van der Waals surface area contributed by atoms with E-state index >= 15 is 0 Å². The van der Waals surface area contributed by atoms with E-state index in [4.69, 9.17) is 0 Å². The fourth-order valence-corrected chi connectivity index (χ4v) is 2.93. The molecule has 0 radical (unpaired) electrons. The van der Waals surface area contributed by atoms with Crippen LogP contribution in [0.5, 0.6) is 0 Å². The summed E-state index contributed by atoms with van der Waals surface area (Å²) in [6.07, 6.45) is 5.21. The summed E-state index contributed by atoms with van der Waals surface area (Å²) in [5, 5.41) is 12.5. The SMILES string of the molecule is CSCc1ccc(C(=O)NC2CCC(O)CC2)cc1. The van der Waals surface area contributed by atoms with Crippen LogP contribution >= 0.6 is 11.8 Å². The van der Waals surface area contributed by atoms with E-state index in [9.17, 15) is 9.90 Å². The molecule has 3 nitrogen and oxygen atoms in total. The van der Waals surface area contributed by atoms with Crippen molar-refractivity contribution in [2.75, 3.05) is 6.26 Å². The highest BCUT2D eigenvalue weighted by atomic mass is 32.2. The Kier molecular flexibility index (Phi) is 5.28. The maximum Gasteiger partial charge on any atom is 0.251 e. The maximum absolute atomic E-state index is 12.1. The molecule has 0 atom stereocenters. The van der Waals surface area contributed by atoms with Gasteiger partial charge >= 0.3 is 0 Å². The molecular formula is C15H21NO2S. The molecule has 1 fully saturated rings. The first-order chi connectivity index (χ1) is 9.19. The summed E-state index contributed by atoms with van der Waals surface area (Å²) in [6, 6.07) is 8.00. The van der Waals surface area contributed by atoms with Crippen molar-refractivity contribution in [1.82, 2.24) is 5.32 Å². The molecule has 1 aromatic carbocycles. The van der Waals surface area contributed by atoms with E-state index in [0.717, 1.165) is 37.0 Å². The molecule has 1 aliphatic carbocycles. The van der Waals surface area contributed by atoms with E-state index in [1.165, 1.54) is 5.56 Å². The van der Waals surface area contributed by atoms with Gasteiger partial charge in [0.05, 0.1) is 6.10 Å². The summed E-state index contributed by atoms with van der Waals surface area (Å²) in [4.78, 5) is 12.1. The summed E-state index contributed by atoms with van der Waals surface area (Å²) in [5.41, 5.74) is 1.96. The predicted molar refractivity (Wildman–Crippen MR) is 79.4 cm³/mol. The Labute approximate surface area is 118 Å². The number of hydrogen-bond acceptors (Lipinski definition) is 3. The van der Waals surface area contributed by atoms with Crippen LogP contribution in [0, 0.1) is 0 Å². The first kappa shape index (κ1) is 14.4. The molecule has 2 rings (SSSR count). The summed E-state index contributed by atoms with van der Waals surface area (Å²) in [5.74, 6) is 0.972. The predicted octanol–water partition coefficient (Wildman–Crippen LogP) is 2.58. The minimum absolute atomic E-state index is 0.00269. The lowest BCUT2D eigenvalue weighted by molar-refractivity contribution is 0.0867. The fourth-order valence-electron chi connectivity index (χ4n) is 2.41. The van der Waals surface area contributed by atoms with Crippen molar-refractivity contribution in [2.24, 2.45) is 0 Å². The van der Waals surface area contributed by atoms with E-state index < -0.39 is 0 Å². The molecule has 1 aliphatic rings. The summed E-state index contributed by atoms with van der Waals surface area (Å²) in [6.45, 7) is 0. The average molecular weight is 279 g/mol. The third kappa shape index (κ3) is 4.25. The third-order valence-corrected chi connectivity index (χ3v) is 4.18. The summed E-state index contributed by atoms with van der Waals surface area (Å²) in [7, 11) is 0. The number of benzene rings is 1. The maximum atomic E-state index is 12.1. The van der Waals surface area contributed by atoms with Crippen LogP contribution < -0.4 is 5.32 Å². The highest BCUT2D eigenvalue weighted by Crippen LogP contribution is 2.19. The molecule has 0 aromatic heterocycles. The van der Waals surface area contributed by atoms with Crippen LogP contribution in [0.2, 0.25) is 0 Å². The van der Waals surface area contributed by atoms with Crippen molar-refractivity contribution in [3.8, 4) is 0 Å². The topological polar surface area (TPSA) is 49.3 Å². The Bertz CT molecular complexity index is 411. The van der Waals surface area contributed by atoms with Gasteiger partial charge in [0.25, 0.3) is 5.91 Å². The number of carbonyl (C=O) groups excluding carboxylic acids is 1. The standard InChI is InChI=1S/C15H21NO2S/c1-19-10-11-2-4-12(5-3-11)15(18)16-13-6-8-14(17)9-7-13/h2-5,13-14,17H,6-10H2,1H3,(H,16,18). The highest BCUT2D eigenvalue weighted by molar-refractivity contribution is 7.97. The molecular weight excluding hydrogens is 258 g/mol. The Balaban J connectivity index is 1.88. The third-order valence-electron chi connectivity index (χ3n) is 3.56. The van der Waals surface area contributed by atoms with E-state index in [2.05, 4.69) is 11.6 Å². The van der Waals surface area contributed by atoms with E-state index in [-0.39, 0.29) is 18.1 Å². The van der Waals surface area contributed by atoms with Gasteiger partial charge in [-0.1, -0.05) is 12.1 Å². The van der Waals surface area contributed by atoms with Gasteiger partial charge in [-0.2, -0.15) is 11.8 Å². The summed E-state index contributed by atoms with van der Waals surface area (Å²) < 4.78 is 0. The molecule has 0 aliphatic heterocycles. The molecule has 0 bridgehead atoms. The average Bonchev–Trinajstić information content (AvgIpc) is 2.42. The lowest BCUT2D eigenvalue weighted by atomic mass is 9.93. The Hall–Kier alpha value is -1.00. The first-order valence-electron chi connectivity index (χ1n) is 6.76. The quantitative estimate of drug-likeness (QED) is 0.890. The van der Waals surface area contributed by atoms with Crippen LogP contribution in [-0.2, 0) is 5.75 Å². The van der Waals surface area contributed by atoms with Crippen molar-refractivity contribution in [2.45, 2.75) is 43.6 Å². The number of aliphatic hydroxyl groups excluding tert-OH is 1. The zero-order valence-electron chi connectivity index (χ0n) is 11.3. The van der Waals surface area contributed by atoms with Crippen LogP contribution in [0.1, 0.15) is 41.6 Å². The van der Waals surface area contributed by atoms with Gasteiger partial charge in [-0.05, 0) is 49.6 Å². The molecule has 0 unspecified atom stereocenters. The van der Waals surface area contributed by atoms with Gasteiger partial charge in [0.15, 0.2) is 0 Å². The lowest BCUT2D eigenvalue weighted by Gasteiger charge is -2.26. The molecule has 0 spiro atoms. The Morgan fingerprint density at radius 3 is 2.47 bits per heavy atom. The van der Waals surface area contributed by atoms with Gasteiger partial charge in [-0.15, -0.1) is 0 Å². The van der Waals surface area contributed by atoms with E-state index in [0.29, 0.717) is 0 Å². The van der Waals surface area contributed by atoms with Gasteiger partial charge in [0, 0.05) is 17.4 Å². The van der Waals surface area contributed by atoms with Gasteiger partial charge in [0.2, 0.25) is 0 Å². The van der Waals surface area contributed by atoms with Crippen LogP contribution in [0.4, 0.5) is 0 Å². The second-order valence-corrected chi connectivity index (χ2v) is 5.97. The molecule has 4 heteroatoms. The van der Waals surface area contributed by atoms with Crippen molar-refractivity contribution in [3.63, 3.8) is 0 Å². The molecule has 2 N–H and O–H groups in total. The van der Waals surface area contributed by atoms with Crippen molar-refractivity contribution >= 4 is 17.7 Å². The van der Waals surface area contributed by atoms with Gasteiger partial charge in [-0.25, -0.2) is 0 Å². The van der Waals surface area contributed by atoms with Crippen LogP contribution in [-0.4, -0.2) is 29.4 Å². The van der Waals surface area contributed by atoms with Gasteiger partial charge in [-0.3, -0.25) is 4.79 Å². The zero-order valence-corrected chi connectivity index (χ0v) is 12.1. The molecule has 1 amide bonds. The minimum Gasteiger partial charge on any atom is -0.393 e. The first-order valence-corrected chi connectivity index (χ1v) is 8.15. The number of thioether (sulfide) groups is 1. The minimum atomic E-state index is -0.182. The monoisotopic (exact) mass is 279 g/mol. The molecule has 0 saturated heterocycles. The van der Waals surface area contributed by atoms with Gasteiger partial charge < -0.3 is 10.4 Å². The van der Waals surface area contributed by atoms with Crippen molar-refractivity contribution < 1.29 is 9.90 Å². The van der Waals surface area contributed by atoms with Crippen LogP contribution in [0.25, 0.3) is 0 Å². The number of nitrogens with one attached hydrogen (secondary N) is 1. The molecule has 0 heterocycles. The number of rotatable bonds is 4. The second kappa shape index (κ2) is 6.96. The largest absolute Gasteiger partial charge is 0.393 e. The number of amides is 1. The van der Waals surface area contributed by atoms with Crippen LogP contribution in [0.15, 0.2) is 24.3 Å². The molecule has 1 saturated carbocycles. The van der Waals surface area contributed by atoms with E-state index in [1.807, 2.05) is 24.3 Å². The molecule has 104 valence electrons. The number of aliphatic hydroxyl groups is 1. The van der Waals surface area contributed by atoms with Gasteiger partial charge in [0.1, 0.15) is 0 Å². The normalized spacial score (nSPS) is 23.1. The van der Waals surface area contributed by atoms with Crippen molar-refractivity contribution in [3.05, 3.63) is 35.4 Å². The zero-order chi connectivity index (χ0) is 13.7. The summed E-state index contributed by atoms with van der Waals surface area (Å²) >= 11 is 1.77. The van der Waals surface area contributed by atoms with Crippen molar-refractivity contribution in [1.29, 1.82) is 0 Å². The Morgan fingerprint density at radius 2 is 1.89 bits per heavy atom. The second-order valence-electron chi connectivity index (χ2n) is 5.11. The highest BCUT2D eigenvalue weighted by Gasteiger charge is 2.21. The number of hydrogen-bond donors (Lipinski definition) is 2. The fraction of sp³-hybridized carbons (Fsp3) is 0.533. The molecule has 19 heavy (non-hydrogen) atoms. The smallest absolute Gasteiger partial charge is 0.251 e. The lowest BCUT2D eigenvalue weighted by Crippen LogP contribution is -2.38. The van der Waals surface area contributed by atoms with Crippen LogP contribution in [0.3, 0.4) is 0 Å². The van der Waals surface area contributed by atoms with E-state index in [1.54, 1.807) is 11.8 Å². The number of carbonyl (C=O) groups is 1. The Morgan fingerprint density at radius 1 is 1.26 bits per heavy atom.